The lowest BCUT2D eigenvalue weighted by Crippen LogP contribution is -2.60. The van der Waals surface area contributed by atoms with Gasteiger partial charge >= 0.3 is 0 Å². The molecule has 7 nitrogen and oxygen atoms in total. The van der Waals surface area contributed by atoms with Gasteiger partial charge in [0.05, 0.1) is 6.61 Å². The molecule has 0 aliphatic carbocycles. The Hall–Kier alpha value is -1.35. The molecule has 1 aliphatic heterocycles. The van der Waals surface area contributed by atoms with Gasteiger partial charge in [-0.15, -0.1) is 0 Å². The van der Waals surface area contributed by atoms with Crippen molar-refractivity contribution in [3.05, 3.63) is 29.3 Å². The highest BCUT2D eigenvalue weighted by atomic mass is 35.5. The first kappa shape index (κ1) is 15.5. The van der Waals surface area contributed by atoms with Crippen LogP contribution in [-0.4, -0.2) is 62.7 Å². The third-order valence-corrected chi connectivity index (χ3v) is 3.89. The van der Waals surface area contributed by atoms with Crippen molar-refractivity contribution in [1.82, 2.24) is 4.98 Å². The Morgan fingerprint density at radius 3 is 2.64 bits per heavy atom. The predicted molar refractivity (Wildman–Crippen MR) is 77.7 cm³/mol. The monoisotopic (exact) mass is 329 g/mol. The summed E-state index contributed by atoms with van der Waals surface area (Å²) in [6, 6.07) is 6.94. The van der Waals surface area contributed by atoms with Crippen LogP contribution in [0.1, 0.15) is 0 Å². The van der Waals surface area contributed by atoms with Crippen LogP contribution in [0.5, 0.6) is 5.88 Å². The van der Waals surface area contributed by atoms with Gasteiger partial charge in [0, 0.05) is 22.0 Å². The van der Waals surface area contributed by atoms with Crippen molar-refractivity contribution in [2.45, 2.75) is 30.7 Å². The normalized spacial score (nSPS) is 32.3. The number of benzene rings is 1. The van der Waals surface area contributed by atoms with E-state index < -0.39 is 37.3 Å². The number of nitrogens with one attached hydrogen (secondary N) is 1. The van der Waals surface area contributed by atoms with Crippen LogP contribution in [0.2, 0.25) is 5.02 Å². The summed E-state index contributed by atoms with van der Waals surface area (Å²) >= 11 is 5.90. The summed E-state index contributed by atoms with van der Waals surface area (Å²) in [6.07, 6.45) is -6.58. The molecule has 22 heavy (non-hydrogen) atoms. The maximum absolute atomic E-state index is 9.92. The summed E-state index contributed by atoms with van der Waals surface area (Å²) in [5.74, 6) is 0.307. The molecule has 0 saturated carbocycles. The molecule has 3 rings (SSSR count). The number of hydrogen-bond donors (Lipinski definition) is 5. The summed E-state index contributed by atoms with van der Waals surface area (Å²) in [7, 11) is 0. The molecular weight excluding hydrogens is 314 g/mol. The Balaban J connectivity index is 1.80. The van der Waals surface area contributed by atoms with E-state index in [-0.39, 0.29) is 0 Å². The van der Waals surface area contributed by atoms with Gasteiger partial charge in [-0.05, 0) is 12.1 Å². The lowest BCUT2D eigenvalue weighted by Gasteiger charge is -2.39. The number of aromatic amines is 1. The van der Waals surface area contributed by atoms with Crippen molar-refractivity contribution < 1.29 is 29.9 Å². The fourth-order valence-electron chi connectivity index (χ4n) is 2.43. The summed E-state index contributed by atoms with van der Waals surface area (Å²) in [4.78, 5) is 2.96. The van der Waals surface area contributed by atoms with E-state index in [1.54, 1.807) is 24.3 Å². The summed E-state index contributed by atoms with van der Waals surface area (Å²) in [5.41, 5.74) is 0.743. The van der Waals surface area contributed by atoms with E-state index in [1.165, 1.54) is 0 Å². The lowest BCUT2D eigenvalue weighted by atomic mass is 9.99. The number of aliphatic hydroxyl groups is 4. The van der Waals surface area contributed by atoms with Gasteiger partial charge in [0.25, 0.3) is 0 Å². The molecule has 8 heteroatoms. The summed E-state index contributed by atoms with van der Waals surface area (Å²) < 4.78 is 10.8. The van der Waals surface area contributed by atoms with Crippen molar-refractivity contribution in [1.29, 1.82) is 0 Å². The van der Waals surface area contributed by atoms with Crippen molar-refractivity contribution in [3.63, 3.8) is 0 Å². The minimum Gasteiger partial charge on any atom is -0.447 e. The maximum atomic E-state index is 9.92. The van der Waals surface area contributed by atoms with Gasteiger partial charge in [-0.3, -0.25) is 0 Å². The smallest absolute Gasteiger partial charge is 0.230 e. The zero-order valence-electron chi connectivity index (χ0n) is 11.4. The molecule has 0 bridgehead atoms. The highest BCUT2D eigenvalue weighted by Gasteiger charge is 2.44. The first-order valence-electron chi connectivity index (χ1n) is 6.75. The fraction of sp³-hybridized carbons (Fsp3) is 0.429. The largest absolute Gasteiger partial charge is 0.447 e. The van der Waals surface area contributed by atoms with Crippen LogP contribution >= 0.6 is 11.6 Å². The number of rotatable bonds is 3. The van der Waals surface area contributed by atoms with E-state index in [4.69, 9.17) is 26.2 Å². The topological polar surface area (TPSA) is 115 Å². The van der Waals surface area contributed by atoms with Crippen LogP contribution in [0, 0.1) is 0 Å². The SMILES string of the molecule is OC[C@H]1OC(Oc2cc3ccc(Cl)cc3[nH]2)[C@H](O)[C@@H](O)[C@H]1O. The maximum Gasteiger partial charge on any atom is 0.230 e. The van der Waals surface area contributed by atoms with Gasteiger partial charge in [-0.25, -0.2) is 0 Å². The number of aromatic nitrogens is 1. The quantitative estimate of drug-likeness (QED) is 0.541. The van der Waals surface area contributed by atoms with Gasteiger partial charge in [0.15, 0.2) is 5.88 Å². The predicted octanol–water partition coefficient (Wildman–Crippen LogP) is -0.000000000000000500. The summed E-state index contributed by atoms with van der Waals surface area (Å²) in [5, 5.41) is 39.9. The van der Waals surface area contributed by atoms with Gasteiger partial charge in [0.2, 0.25) is 6.29 Å². The van der Waals surface area contributed by atoms with E-state index in [1.807, 2.05) is 0 Å². The molecule has 2 aromatic rings. The average Bonchev–Trinajstić information content (AvgIpc) is 2.89. The molecule has 5 atom stereocenters. The third-order valence-electron chi connectivity index (χ3n) is 3.65. The second-order valence-electron chi connectivity index (χ2n) is 5.18. The number of halogens is 1. The lowest BCUT2D eigenvalue weighted by molar-refractivity contribution is -0.278. The zero-order chi connectivity index (χ0) is 15.9. The first-order chi connectivity index (χ1) is 10.5. The van der Waals surface area contributed by atoms with E-state index in [2.05, 4.69) is 4.98 Å². The summed E-state index contributed by atoms with van der Waals surface area (Å²) in [6.45, 7) is -0.507. The van der Waals surface area contributed by atoms with E-state index in [0.717, 1.165) is 10.9 Å². The average molecular weight is 330 g/mol. The van der Waals surface area contributed by atoms with Gasteiger partial charge in [-0.2, -0.15) is 0 Å². The Labute approximate surface area is 130 Å². The Morgan fingerprint density at radius 1 is 1.14 bits per heavy atom. The van der Waals surface area contributed by atoms with E-state index in [0.29, 0.717) is 10.9 Å². The highest BCUT2D eigenvalue weighted by Crippen LogP contribution is 2.27. The van der Waals surface area contributed by atoms with Gasteiger partial charge in [0.1, 0.15) is 24.4 Å². The number of ether oxygens (including phenoxy) is 2. The molecule has 0 radical (unpaired) electrons. The molecule has 0 spiro atoms. The second-order valence-corrected chi connectivity index (χ2v) is 5.62. The van der Waals surface area contributed by atoms with Crippen molar-refractivity contribution >= 4 is 22.5 Å². The van der Waals surface area contributed by atoms with E-state index >= 15 is 0 Å². The number of fused-ring (bicyclic) bond motifs is 1. The van der Waals surface area contributed by atoms with Crippen LogP contribution in [0.25, 0.3) is 10.9 Å². The molecule has 1 saturated heterocycles. The highest BCUT2D eigenvalue weighted by molar-refractivity contribution is 6.31. The molecule has 1 aromatic heterocycles. The number of hydrogen-bond acceptors (Lipinski definition) is 6. The number of H-pyrrole nitrogens is 1. The van der Waals surface area contributed by atoms with Crippen LogP contribution in [0.4, 0.5) is 0 Å². The molecular formula is C14H16ClNO6. The zero-order valence-corrected chi connectivity index (χ0v) is 12.1. The molecule has 1 aliphatic rings. The van der Waals surface area contributed by atoms with Crippen LogP contribution in [0.15, 0.2) is 24.3 Å². The molecule has 0 amide bonds. The molecule has 1 unspecified atom stereocenters. The van der Waals surface area contributed by atoms with Crippen LogP contribution in [-0.2, 0) is 4.74 Å². The van der Waals surface area contributed by atoms with Crippen molar-refractivity contribution in [3.8, 4) is 5.88 Å². The minimum absolute atomic E-state index is 0.307. The molecule has 1 fully saturated rings. The van der Waals surface area contributed by atoms with Gasteiger partial charge < -0.3 is 34.9 Å². The minimum atomic E-state index is -1.48. The molecule has 1 aromatic carbocycles. The molecule has 120 valence electrons. The van der Waals surface area contributed by atoms with Crippen LogP contribution < -0.4 is 4.74 Å². The Kier molecular flexibility index (Phi) is 4.26. The second kappa shape index (κ2) is 6.04. The standard InChI is InChI=1S/C14H16ClNO6/c15-7-2-1-6-3-10(16-8(6)4-7)22-14-13(20)12(19)11(18)9(5-17)21-14/h1-4,9,11-14,16-20H,5H2/t9-,11+,12+,13-,14?/m1/s1. The number of aliphatic hydroxyl groups excluding tert-OH is 4. The third kappa shape index (κ3) is 2.79. The van der Waals surface area contributed by atoms with Crippen molar-refractivity contribution in [2.24, 2.45) is 0 Å². The Bertz CT molecular complexity index is 660. The molecule has 5 N–H and O–H groups in total. The van der Waals surface area contributed by atoms with Crippen LogP contribution in [0.3, 0.4) is 0 Å². The fourth-order valence-corrected chi connectivity index (χ4v) is 2.60. The van der Waals surface area contributed by atoms with Crippen molar-refractivity contribution in [2.75, 3.05) is 6.61 Å². The molecule has 2 heterocycles. The van der Waals surface area contributed by atoms with Gasteiger partial charge in [-0.1, -0.05) is 17.7 Å². The first-order valence-corrected chi connectivity index (χ1v) is 7.13. The Morgan fingerprint density at radius 2 is 1.91 bits per heavy atom. The van der Waals surface area contributed by atoms with E-state index in [9.17, 15) is 15.3 Å².